The van der Waals surface area contributed by atoms with E-state index in [9.17, 15) is 0 Å². The maximum Gasteiger partial charge on any atom is 0.181 e. The second kappa shape index (κ2) is 4.65. The van der Waals surface area contributed by atoms with Crippen molar-refractivity contribution in [3.8, 4) is 11.8 Å². The summed E-state index contributed by atoms with van der Waals surface area (Å²) >= 11 is 4.83. The van der Waals surface area contributed by atoms with Crippen LogP contribution in [0.25, 0.3) is 10.2 Å². The number of rotatable bonds is 1. The summed E-state index contributed by atoms with van der Waals surface area (Å²) in [5.41, 5.74) is 7.60. The van der Waals surface area contributed by atoms with Gasteiger partial charge in [0.1, 0.15) is 0 Å². The molecular formula is C11H9BrN2S. The minimum atomic E-state index is 0.607. The van der Waals surface area contributed by atoms with E-state index < -0.39 is 0 Å². The van der Waals surface area contributed by atoms with Crippen LogP contribution >= 0.6 is 27.3 Å². The highest BCUT2D eigenvalue weighted by Gasteiger charge is 2.00. The molecule has 0 aliphatic carbocycles. The summed E-state index contributed by atoms with van der Waals surface area (Å²) in [6, 6.07) is 5.97. The van der Waals surface area contributed by atoms with Gasteiger partial charge in [0, 0.05) is 17.3 Å². The zero-order chi connectivity index (χ0) is 10.7. The molecule has 0 bridgehead atoms. The molecule has 0 spiro atoms. The Morgan fingerprint density at radius 3 is 3.13 bits per heavy atom. The molecule has 4 heteroatoms. The summed E-state index contributed by atoms with van der Waals surface area (Å²) < 4.78 is 1.10. The average molecular weight is 281 g/mol. The van der Waals surface area contributed by atoms with Crippen molar-refractivity contribution >= 4 is 42.6 Å². The molecule has 76 valence electrons. The van der Waals surface area contributed by atoms with Crippen molar-refractivity contribution in [1.29, 1.82) is 0 Å². The van der Waals surface area contributed by atoms with Gasteiger partial charge in [-0.05, 0) is 18.2 Å². The Balaban J connectivity index is 2.35. The van der Waals surface area contributed by atoms with E-state index in [2.05, 4.69) is 32.8 Å². The van der Waals surface area contributed by atoms with Gasteiger partial charge in [-0.25, -0.2) is 4.98 Å². The number of anilines is 1. The van der Waals surface area contributed by atoms with Gasteiger partial charge in [-0.1, -0.05) is 39.1 Å². The molecule has 2 nitrogen and oxygen atoms in total. The van der Waals surface area contributed by atoms with Gasteiger partial charge in [0.15, 0.2) is 5.13 Å². The van der Waals surface area contributed by atoms with Crippen molar-refractivity contribution in [3.05, 3.63) is 23.8 Å². The van der Waals surface area contributed by atoms with Crippen LogP contribution in [0.15, 0.2) is 18.2 Å². The molecule has 2 aromatic rings. The third kappa shape index (κ3) is 2.49. The number of benzene rings is 1. The molecule has 0 fully saturated rings. The summed E-state index contributed by atoms with van der Waals surface area (Å²) in [4.78, 5) is 4.19. The number of nitrogen functional groups attached to an aromatic ring is 1. The largest absolute Gasteiger partial charge is 0.375 e. The number of nitrogens with two attached hydrogens (primary N) is 1. The molecule has 0 atom stereocenters. The molecule has 15 heavy (non-hydrogen) atoms. The molecule has 2 rings (SSSR count). The molecule has 1 heterocycles. The van der Waals surface area contributed by atoms with Gasteiger partial charge in [0.05, 0.1) is 10.2 Å². The molecule has 1 aromatic heterocycles. The van der Waals surface area contributed by atoms with Crippen molar-refractivity contribution in [2.24, 2.45) is 0 Å². The molecule has 0 amide bonds. The van der Waals surface area contributed by atoms with Crippen LogP contribution in [0.5, 0.6) is 0 Å². The maximum atomic E-state index is 5.63. The molecular weight excluding hydrogens is 272 g/mol. The number of hydrogen-bond acceptors (Lipinski definition) is 3. The molecule has 2 N–H and O–H groups in total. The highest BCUT2D eigenvalue weighted by molar-refractivity contribution is 9.09. The molecule has 0 saturated heterocycles. The maximum absolute atomic E-state index is 5.63. The third-order valence-electron chi connectivity index (χ3n) is 1.86. The summed E-state index contributed by atoms with van der Waals surface area (Å²) in [6.07, 6.45) is 0.864. The fourth-order valence-corrected chi connectivity index (χ4v) is 2.20. The first kappa shape index (κ1) is 10.5. The summed E-state index contributed by atoms with van der Waals surface area (Å²) in [7, 11) is 0. The average Bonchev–Trinajstić information content (AvgIpc) is 2.57. The lowest BCUT2D eigenvalue weighted by atomic mass is 10.2. The minimum absolute atomic E-state index is 0.607. The van der Waals surface area contributed by atoms with Gasteiger partial charge < -0.3 is 5.73 Å². The van der Waals surface area contributed by atoms with E-state index in [4.69, 9.17) is 5.73 Å². The van der Waals surface area contributed by atoms with E-state index in [1.807, 2.05) is 18.2 Å². The van der Waals surface area contributed by atoms with Crippen LogP contribution in [0.4, 0.5) is 5.13 Å². The zero-order valence-electron chi connectivity index (χ0n) is 7.96. The fraction of sp³-hybridized carbons (Fsp3) is 0.182. The number of fused-ring (bicyclic) bond motifs is 1. The van der Waals surface area contributed by atoms with Crippen molar-refractivity contribution in [2.45, 2.75) is 6.42 Å². The Morgan fingerprint density at radius 2 is 2.33 bits per heavy atom. The normalized spacial score (nSPS) is 9.93. The Labute approximate surface area is 101 Å². The van der Waals surface area contributed by atoms with Crippen LogP contribution in [-0.2, 0) is 0 Å². The Morgan fingerprint density at radius 1 is 1.47 bits per heavy atom. The van der Waals surface area contributed by atoms with E-state index in [1.165, 1.54) is 11.3 Å². The number of nitrogens with zero attached hydrogens (tertiary/aromatic N) is 1. The first-order valence-corrected chi connectivity index (χ1v) is 6.44. The van der Waals surface area contributed by atoms with Crippen LogP contribution in [0.1, 0.15) is 12.0 Å². The lowest BCUT2D eigenvalue weighted by Gasteiger charge is -1.89. The van der Waals surface area contributed by atoms with Gasteiger partial charge in [0.25, 0.3) is 0 Å². The van der Waals surface area contributed by atoms with E-state index in [0.717, 1.165) is 27.5 Å². The minimum Gasteiger partial charge on any atom is -0.375 e. The van der Waals surface area contributed by atoms with Gasteiger partial charge in [-0.3, -0.25) is 0 Å². The lowest BCUT2D eigenvalue weighted by molar-refractivity contribution is 1.32. The highest BCUT2D eigenvalue weighted by atomic mass is 79.9. The first-order chi connectivity index (χ1) is 7.29. The van der Waals surface area contributed by atoms with E-state index in [-0.39, 0.29) is 0 Å². The van der Waals surface area contributed by atoms with Crippen LogP contribution in [0.2, 0.25) is 0 Å². The second-order valence-electron chi connectivity index (χ2n) is 2.98. The van der Waals surface area contributed by atoms with Gasteiger partial charge >= 0.3 is 0 Å². The summed E-state index contributed by atoms with van der Waals surface area (Å²) in [6.45, 7) is 0. The molecule has 0 radical (unpaired) electrons. The van der Waals surface area contributed by atoms with Crippen molar-refractivity contribution in [1.82, 2.24) is 4.98 Å². The zero-order valence-corrected chi connectivity index (χ0v) is 10.4. The lowest BCUT2D eigenvalue weighted by Crippen LogP contribution is -1.79. The van der Waals surface area contributed by atoms with Crippen LogP contribution in [0, 0.1) is 11.8 Å². The Bertz CT molecular complexity index is 536. The number of alkyl halides is 1. The number of thiazole rings is 1. The quantitative estimate of drug-likeness (QED) is 0.644. The number of aromatic nitrogens is 1. The third-order valence-corrected chi connectivity index (χ3v) is 3.10. The fourth-order valence-electron chi connectivity index (χ4n) is 1.23. The topological polar surface area (TPSA) is 38.9 Å². The molecule has 0 unspecified atom stereocenters. The van der Waals surface area contributed by atoms with Crippen molar-refractivity contribution in [3.63, 3.8) is 0 Å². The van der Waals surface area contributed by atoms with Crippen molar-refractivity contribution < 1.29 is 0 Å². The Hall–Kier alpha value is -1.05. The van der Waals surface area contributed by atoms with Gasteiger partial charge in [0.2, 0.25) is 0 Å². The molecule has 1 aromatic carbocycles. The molecule has 0 aliphatic rings. The van der Waals surface area contributed by atoms with Crippen LogP contribution in [0.3, 0.4) is 0 Å². The first-order valence-electron chi connectivity index (χ1n) is 4.50. The van der Waals surface area contributed by atoms with E-state index >= 15 is 0 Å². The summed E-state index contributed by atoms with van der Waals surface area (Å²) in [5, 5.41) is 1.52. The van der Waals surface area contributed by atoms with Crippen LogP contribution in [-0.4, -0.2) is 10.3 Å². The smallest absolute Gasteiger partial charge is 0.181 e. The Kier molecular flexibility index (Phi) is 3.24. The number of halogens is 1. The van der Waals surface area contributed by atoms with E-state index in [1.54, 1.807) is 0 Å². The SMILES string of the molecule is Nc1nc2ccc(C#CCCBr)cc2s1. The second-order valence-corrected chi connectivity index (χ2v) is 4.83. The standard InChI is InChI=1S/C11H9BrN2S/c12-6-2-1-3-8-4-5-9-10(7-8)15-11(13)14-9/h4-5,7H,2,6H2,(H2,13,14). The molecule has 0 aliphatic heterocycles. The molecule has 0 saturated carbocycles. The number of hydrogen-bond donors (Lipinski definition) is 1. The van der Waals surface area contributed by atoms with Crippen LogP contribution < -0.4 is 5.73 Å². The van der Waals surface area contributed by atoms with E-state index in [0.29, 0.717) is 5.13 Å². The van der Waals surface area contributed by atoms with Crippen molar-refractivity contribution in [2.75, 3.05) is 11.1 Å². The summed E-state index contributed by atoms with van der Waals surface area (Å²) in [5.74, 6) is 6.18. The van der Waals surface area contributed by atoms with Gasteiger partial charge in [-0.2, -0.15) is 0 Å². The predicted molar refractivity (Wildman–Crippen MR) is 69.3 cm³/mol. The predicted octanol–water partition coefficient (Wildman–Crippen LogP) is 3.02. The van der Waals surface area contributed by atoms with Gasteiger partial charge in [-0.15, -0.1) is 0 Å². The monoisotopic (exact) mass is 280 g/mol. The highest BCUT2D eigenvalue weighted by Crippen LogP contribution is 2.24.